The number of hydrogen-bond acceptors (Lipinski definition) is 6. The van der Waals surface area contributed by atoms with Gasteiger partial charge in [-0.25, -0.2) is 4.98 Å². The van der Waals surface area contributed by atoms with Crippen LogP contribution in [0.5, 0.6) is 0 Å². The van der Waals surface area contributed by atoms with Crippen molar-refractivity contribution < 1.29 is 4.52 Å². The van der Waals surface area contributed by atoms with Crippen LogP contribution in [0.1, 0.15) is 52.8 Å². The van der Waals surface area contributed by atoms with Crippen molar-refractivity contribution in [2.45, 2.75) is 58.4 Å². The fourth-order valence-corrected chi connectivity index (χ4v) is 3.56. The SMILES string of the molecule is CC(C)CC(C)(C)c1nc(-c2ccc(N3CCC(N)CC3)nc2)no1. The minimum atomic E-state index is -0.126. The molecule has 1 aliphatic heterocycles. The Labute approximate surface area is 149 Å². The Kier molecular flexibility index (Phi) is 5.08. The van der Waals surface area contributed by atoms with E-state index in [4.69, 9.17) is 10.3 Å². The molecule has 0 aromatic carbocycles. The molecule has 0 spiro atoms. The van der Waals surface area contributed by atoms with Crippen LogP contribution in [0.15, 0.2) is 22.9 Å². The summed E-state index contributed by atoms with van der Waals surface area (Å²) in [5, 5.41) is 4.16. The molecular formula is C19H29N5O. The zero-order valence-corrected chi connectivity index (χ0v) is 15.7. The van der Waals surface area contributed by atoms with E-state index in [-0.39, 0.29) is 5.41 Å². The second-order valence-electron chi connectivity index (χ2n) is 8.13. The highest BCUT2D eigenvalue weighted by molar-refractivity contribution is 5.56. The van der Waals surface area contributed by atoms with E-state index < -0.39 is 0 Å². The quantitative estimate of drug-likeness (QED) is 0.896. The zero-order chi connectivity index (χ0) is 18.0. The number of aromatic nitrogens is 3. The Morgan fingerprint density at radius 1 is 1.28 bits per heavy atom. The van der Waals surface area contributed by atoms with Crippen molar-refractivity contribution in [3.8, 4) is 11.4 Å². The number of nitrogens with zero attached hydrogens (tertiary/aromatic N) is 4. The smallest absolute Gasteiger partial charge is 0.232 e. The fourth-order valence-electron chi connectivity index (χ4n) is 3.56. The van der Waals surface area contributed by atoms with Crippen molar-refractivity contribution in [2.75, 3.05) is 18.0 Å². The molecule has 3 rings (SSSR count). The maximum atomic E-state index is 5.97. The zero-order valence-electron chi connectivity index (χ0n) is 15.7. The van der Waals surface area contributed by atoms with Crippen LogP contribution in [0.2, 0.25) is 0 Å². The van der Waals surface area contributed by atoms with Crippen molar-refractivity contribution in [3.05, 3.63) is 24.2 Å². The van der Waals surface area contributed by atoms with Gasteiger partial charge in [0, 0.05) is 36.3 Å². The molecule has 0 unspecified atom stereocenters. The lowest BCUT2D eigenvalue weighted by Gasteiger charge is -2.31. The van der Waals surface area contributed by atoms with Gasteiger partial charge in [0.1, 0.15) is 5.82 Å². The summed E-state index contributed by atoms with van der Waals surface area (Å²) in [6.45, 7) is 10.6. The number of nitrogens with two attached hydrogens (primary N) is 1. The summed E-state index contributed by atoms with van der Waals surface area (Å²) in [7, 11) is 0. The highest BCUT2D eigenvalue weighted by atomic mass is 16.5. The van der Waals surface area contributed by atoms with Gasteiger partial charge in [0.25, 0.3) is 0 Å². The number of anilines is 1. The molecule has 6 heteroatoms. The number of pyridine rings is 1. The summed E-state index contributed by atoms with van der Waals surface area (Å²) >= 11 is 0. The monoisotopic (exact) mass is 343 g/mol. The van der Waals surface area contributed by atoms with Crippen LogP contribution < -0.4 is 10.6 Å². The van der Waals surface area contributed by atoms with Crippen LogP contribution in [0.3, 0.4) is 0 Å². The normalized spacial score (nSPS) is 16.6. The first-order chi connectivity index (χ1) is 11.8. The number of piperidine rings is 1. The van der Waals surface area contributed by atoms with Gasteiger partial charge in [-0.3, -0.25) is 0 Å². The third-order valence-corrected chi connectivity index (χ3v) is 4.79. The average Bonchev–Trinajstić information content (AvgIpc) is 3.06. The van der Waals surface area contributed by atoms with E-state index in [0.717, 1.165) is 43.7 Å². The molecule has 2 aromatic heterocycles. The molecule has 0 amide bonds. The lowest BCUT2D eigenvalue weighted by atomic mass is 9.84. The Hall–Kier alpha value is -1.95. The summed E-state index contributed by atoms with van der Waals surface area (Å²) in [5.74, 6) is 2.85. The summed E-state index contributed by atoms with van der Waals surface area (Å²) in [5.41, 5.74) is 6.73. The van der Waals surface area contributed by atoms with Crippen LogP contribution >= 0.6 is 0 Å². The van der Waals surface area contributed by atoms with E-state index in [0.29, 0.717) is 23.7 Å². The van der Waals surface area contributed by atoms with Gasteiger partial charge in [0.05, 0.1) is 0 Å². The lowest BCUT2D eigenvalue weighted by Crippen LogP contribution is -2.40. The summed E-state index contributed by atoms with van der Waals surface area (Å²) in [4.78, 5) is 11.5. The molecule has 0 bridgehead atoms. The molecule has 6 nitrogen and oxygen atoms in total. The van der Waals surface area contributed by atoms with E-state index in [1.165, 1.54) is 0 Å². The highest BCUT2D eigenvalue weighted by Gasteiger charge is 2.29. The maximum absolute atomic E-state index is 5.97. The Bertz CT molecular complexity index is 684. The van der Waals surface area contributed by atoms with Crippen LogP contribution in [0.25, 0.3) is 11.4 Å². The van der Waals surface area contributed by atoms with E-state index in [9.17, 15) is 0 Å². The molecule has 1 saturated heterocycles. The first-order valence-corrected chi connectivity index (χ1v) is 9.16. The third-order valence-electron chi connectivity index (χ3n) is 4.79. The van der Waals surface area contributed by atoms with Gasteiger partial charge in [0.2, 0.25) is 11.7 Å². The van der Waals surface area contributed by atoms with Gasteiger partial charge in [-0.05, 0) is 37.3 Å². The summed E-state index contributed by atoms with van der Waals surface area (Å²) < 4.78 is 5.53. The average molecular weight is 343 g/mol. The molecule has 3 heterocycles. The summed E-state index contributed by atoms with van der Waals surface area (Å²) in [6.07, 6.45) is 4.86. The molecular weight excluding hydrogens is 314 g/mol. The van der Waals surface area contributed by atoms with Crippen molar-refractivity contribution in [1.29, 1.82) is 0 Å². The van der Waals surface area contributed by atoms with Gasteiger partial charge in [-0.1, -0.05) is 32.9 Å². The molecule has 2 aromatic rings. The van der Waals surface area contributed by atoms with E-state index in [1.807, 2.05) is 18.3 Å². The highest BCUT2D eigenvalue weighted by Crippen LogP contribution is 2.30. The van der Waals surface area contributed by atoms with Crippen molar-refractivity contribution >= 4 is 5.82 Å². The molecule has 0 radical (unpaired) electrons. The fraction of sp³-hybridized carbons (Fsp3) is 0.632. The molecule has 25 heavy (non-hydrogen) atoms. The minimum Gasteiger partial charge on any atom is -0.357 e. The molecule has 0 atom stereocenters. The topological polar surface area (TPSA) is 81.1 Å². The second-order valence-corrected chi connectivity index (χ2v) is 8.13. The maximum Gasteiger partial charge on any atom is 0.232 e. The Morgan fingerprint density at radius 2 is 2.00 bits per heavy atom. The van der Waals surface area contributed by atoms with Crippen LogP contribution in [0, 0.1) is 5.92 Å². The number of rotatable bonds is 5. The third kappa shape index (κ3) is 4.18. The molecule has 0 aliphatic carbocycles. The summed E-state index contributed by atoms with van der Waals surface area (Å²) in [6, 6.07) is 4.37. The van der Waals surface area contributed by atoms with Crippen LogP contribution in [-0.2, 0) is 5.41 Å². The first kappa shape index (κ1) is 17.9. The van der Waals surface area contributed by atoms with Crippen molar-refractivity contribution in [3.63, 3.8) is 0 Å². The number of hydrogen-bond donors (Lipinski definition) is 1. The van der Waals surface area contributed by atoms with Crippen molar-refractivity contribution in [2.24, 2.45) is 11.7 Å². The Balaban J connectivity index is 1.73. The molecule has 2 N–H and O–H groups in total. The minimum absolute atomic E-state index is 0.126. The van der Waals surface area contributed by atoms with E-state index >= 15 is 0 Å². The van der Waals surface area contributed by atoms with E-state index in [1.54, 1.807) is 0 Å². The predicted octanol–water partition coefficient (Wildman–Crippen LogP) is 3.38. The molecule has 1 fully saturated rings. The largest absolute Gasteiger partial charge is 0.357 e. The van der Waals surface area contributed by atoms with Gasteiger partial charge in [-0.15, -0.1) is 0 Å². The van der Waals surface area contributed by atoms with Gasteiger partial charge >= 0.3 is 0 Å². The Morgan fingerprint density at radius 3 is 2.60 bits per heavy atom. The molecule has 0 saturated carbocycles. The van der Waals surface area contributed by atoms with Crippen LogP contribution in [0.4, 0.5) is 5.82 Å². The van der Waals surface area contributed by atoms with Gasteiger partial charge in [0.15, 0.2) is 0 Å². The standard InChI is InChI=1S/C19H29N5O/c1-13(2)11-19(3,4)18-22-17(23-25-18)14-5-6-16(21-12-14)24-9-7-15(20)8-10-24/h5-6,12-13,15H,7-11,20H2,1-4H3. The second kappa shape index (κ2) is 7.12. The van der Waals surface area contributed by atoms with Crippen molar-refractivity contribution in [1.82, 2.24) is 15.1 Å². The molecule has 1 aliphatic rings. The van der Waals surface area contributed by atoms with Crippen LogP contribution in [-0.4, -0.2) is 34.3 Å². The van der Waals surface area contributed by atoms with E-state index in [2.05, 4.69) is 47.7 Å². The van der Waals surface area contributed by atoms with Gasteiger partial charge in [-0.2, -0.15) is 4.98 Å². The first-order valence-electron chi connectivity index (χ1n) is 9.16. The molecule has 136 valence electrons. The lowest BCUT2D eigenvalue weighted by molar-refractivity contribution is 0.275. The predicted molar refractivity (Wildman–Crippen MR) is 99.4 cm³/mol. The van der Waals surface area contributed by atoms with Gasteiger partial charge < -0.3 is 15.2 Å².